The van der Waals surface area contributed by atoms with Crippen molar-refractivity contribution in [3.8, 4) is 0 Å². The van der Waals surface area contributed by atoms with Gasteiger partial charge < -0.3 is 15.0 Å². The summed E-state index contributed by atoms with van der Waals surface area (Å²) in [6, 6.07) is 10.9. The number of esters is 1. The van der Waals surface area contributed by atoms with Crippen molar-refractivity contribution >= 4 is 28.5 Å². The molecule has 0 spiro atoms. The van der Waals surface area contributed by atoms with Crippen LogP contribution in [0.25, 0.3) is 10.9 Å². The van der Waals surface area contributed by atoms with Gasteiger partial charge in [-0.05, 0) is 55.0 Å². The molecule has 0 aliphatic carbocycles. The van der Waals surface area contributed by atoms with Gasteiger partial charge in [0.25, 0.3) is 0 Å². The molecular formula is C19H17FN2O3. The van der Waals surface area contributed by atoms with Gasteiger partial charge in [-0.1, -0.05) is 0 Å². The molecule has 3 aromatic rings. The molecule has 1 amide bonds. The van der Waals surface area contributed by atoms with Crippen LogP contribution in [-0.2, 0) is 16.0 Å². The number of aromatic amines is 1. The van der Waals surface area contributed by atoms with E-state index in [0.29, 0.717) is 23.2 Å². The Hall–Kier alpha value is -3.15. The van der Waals surface area contributed by atoms with Crippen molar-refractivity contribution in [3.05, 3.63) is 65.6 Å². The SMILES string of the molecule is CCOC(=O)c1ccc(NC(=O)Cc2c[nH]c3ccc(F)cc23)cc1. The van der Waals surface area contributed by atoms with Crippen LogP contribution in [0.5, 0.6) is 0 Å². The Morgan fingerprint density at radius 1 is 1.16 bits per heavy atom. The number of hydrogen-bond donors (Lipinski definition) is 2. The molecule has 0 bridgehead atoms. The van der Waals surface area contributed by atoms with E-state index in [2.05, 4.69) is 10.3 Å². The highest BCUT2D eigenvalue weighted by Crippen LogP contribution is 2.20. The molecule has 6 heteroatoms. The minimum Gasteiger partial charge on any atom is -0.462 e. The van der Waals surface area contributed by atoms with E-state index in [9.17, 15) is 14.0 Å². The Kier molecular flexibility index (Phi) is 4.79. The van der Waals surface area contributed by atoms with Crippen LogP contribution < -0.4 is 5.32 Å². The second-order valence-electron chi connectivity index (χ2n) is 5.53. The summed E-state index contributed by atoms with van der Waals surface area (Å²) < 4.78 is 18.3. The lowest BCUT2D eigenvalue weighted by Gasteiger charge is -2.06. The fourth-order valence-electron chi connectivity index (χ4n) is 2.58. The summed E-state index contributed by atoms with van der Waals surface area (Å²) >= 11 is 0. The molecule has 0 radical (unpaired) electrons. The molecule has 0 aliphatic rings. The monoisotopic (exact) mass is 340 g/mol. The van der Waals surface area contributed by atoms with Gasteiger partial charge in [0.2, 0.25) is 5.91 Å². The molecule has 1 heterocycles. The Labute approximate surface area is 143 Å². The maximum atomic E-state index is 13.4. The molecule has 0 saturated carbocycles. The number of anilines is 1. The Morgan fingerprint density at radius 2 is 1.92 bits per heavy atom. The van der Waals surface area contributed by atoms with E-state index in [0.717, 1.165) is 11.1 Å². The van der Waals surface area contributed by atoms with Crippen LogP contribution >= 0.6 is 0 Å². The van der Waals surface area contributed by atoms with E-state index in [4.69, 9.17) is 4.74 Å². The molecule has 3 rings (SSSR count). The molecular weight excluding hydrogens is 323 g/mol. The van der Waals surface area contributed by atoms with E-state index in [1.807, 2.05) is 0 Å². The van der Waals surface area contributed by atoms with E-state index in [1.165, 1.54) is 12.1 Å². The quantitative estimate of drug-likeness (QED) is 0.696. The fourth-order valence-corrected chi connectivity index (χ4v) is 2.58. The number of carbonyl (C=O) groups excluding carboxylic acids is 2. The number of fused-ring (bicyclic) bond motifs is 1. The van der Waals surface area contributed by atoms with Crippen molar-refractivity contribution in [2.24, 2.45) is 0 Å². The minimum absolute atomic E-state index is 0.114. The molecule has 0 aliphatic heterocycles. The van der Waals surface area contributed by atoms with Crippen molar-refractivity contribution in [2.75, 3.05) is 11.9 Å². The normalized spacial score (nSPS) is 10.6. The number of H-pyrrole nitrogens is 1. The van der Waals surface area contributed by atoms with Crippen molar-refractivity contribution in [1.82, 2.24) is 4.98 Å². The molecule has 0 saturated heterocycles. The number of carbonyl (C=O) groups is 2. The highest BCUT2D eigenvalue weighted by atomic mass is 19.1. The van der Waals surface area contributed by atoms with E-state index in [-0.39, 0.29) is 18.1 Å². The first-order valence-corrected chi connectivity index (χ1v) is 7.89. The first kappa shape index (κ1) is 16.7. The molecule has 0 fully saturated rings. The topological polar surface area (TPSA) is 71.2 Å². The maximum Gasteiger partial charge on any atom is 0.338 e. The van der Waals surface area contributed by atoms with E-state index >= 15 is 0 Å². The van der Waals surface area contributed by atoms with Crippen molar-refractivity contribution in [2.45, 2.75) is 13.3 Å². The molecule has 128 valence electrons. The van der Waals surface area contributed by atoms with Gasteiger partial charge in [0.15, 0.2) is 0 Å². The van der Waals surface area contributed by atoms with Crippen molar-refractivity contribution in [1.29, 1.82) is 0 Å². The molecule has 0 atom stereocenters. The van der Waals surface area contributed by atoms with Crippen LogP contribution in [0.2, 0.25) is 0 Å². The summed E-state index contributed by atoms with van der Waals surface area (Å²) in [5.41, 5.74) is 2.49. The summed E-state index contributed by atoms with van der Waals surface area (Å²) in [7, 11) is 0. The largest absolute Gasteiger partial charge is 0.462 e. The summed E-state index contributed by atoms with van der Waals surface area (Å²) in [6.07, 6.45) is 1.82. The lowest BCUT2D eigenvalue weighted by atomic mass is 10.1. The lowest BCUT2D eigenvalue weighted by Crippen LogP contribution is -2.14. The molecule has 25 heavy (non-hydrogen) atoms. The van der Waals surface area contributed by atoms with Crippen molar-refractivity contribution in [3.63, 3.8) is 0 Å². The number of benzene rings is 2. The van der Waals surface area contributed by atoms with Crippen LogP contribution in [0.15, 0.2) is 48.7 Å². The molecule has 1 aromatic heterocycles. The Balaban J connectivity index is 1.67. The maximum absolute atomic E-state index is 13.4. The number of aromatic nitrogens is 1. The number of ether oxygens (including phenoxy) is 1. The number of hydrogen-bond acceptors (Lipinski definition) is 3. The number of rotatable bonds is 5. The Morgan fingerprint density at radius 3 is 2.64 bits per heavy atom. The van der Waals surface area contributed by atoms with E-state index in [1.54, 1.807) is 43.5 Å². The predicted molar refractivity (Wildman–Crippen MR) is 93.0 cm³/mol. The molecule has 2 aromatic carbocycles. The van der Waals surface area contributed by atoms with Crippen LogP contribution in [0.3, 0.4) is 0 Å². The van der Waals surface area contributed by atoms with Crippen molar-refractivity contribution < 1.29 is 18.7 Å². The summed E-state index contributed by atoms with van der Waals surface area (Å²) in [5, 5.41) is 3.45. The van der Waals surface area contributed by atoms with Crippen LogP contribution in [0.1, 0.15) is 22.8 Å². The van der Waals surface area contributed by atoms with Gasteiger partial charge in [0.05, 0.1) is 18.6 Å². The van der Waals surface area contributed by atoms with Crippen LogP contribution in [0.4, 0.5) is 10.1 Å². The summed E-state index contributed by atoms with van der Waals surface area (Å²) in [5.74, 6) is -0.974. The summed E-state index contributed by atoms with van der Waals surface area (Å²) in [4.78, 5) is 26.8. The van der Waals surface area contributed by atoms with Gasteiger partial charge >= 0.3 is 5.97 Å². The Bertz CT molecular complexity index is 916. The third-order valence-corrected chi connectivity index (χ3v) is 3.76. The number of amides is 1. The predicted octanol–water partition coefficient (Wildman–Crippen LogP) is 3.66. The first-order valence-electron chi connectivity index (χ1n) is 7.89. The molecule has 5 nitrogen and oxygen atoms in total. The number of nitrogens with one attached hydrogen (secondary N) is 2. The zero-order chi connectivity index (χ0) is 17.8. The number of halogens is 1. The van der Waals surface area contributed by atoms with Gasteiger partial charge in [-0.15, -0.1) is 0 Å². The molecule has 0 unspecified atom stereocenters. The smallest absolute Gasteiger partial charge is 0.338 e. The van der Waals surface area contributed by atoms with E-state index < -0.39 is 5.97 Å². The van der Waals surface area contributed by atoms with Gasteiger partial charge in [0.1, 0.15) is 5.82 Å². The highest BCUT2D eigenvalue weighted by Gasteiger charge is 2.11. The lowest BCUT2D eigenvalue weighted by molar-refractivity contribution is -0.115. The van der Waals surface area contributed by atoms with Gasteiger partial charge in [-0.2, -0.15) is 0 Å². The molecule has 2 N–H and O–H groups in total. The minimum atomic E-state index is -0.402. The standard InChI is InChI=1S/C19H17FN2O3/c1-2-25-19(24)12-3-6-15(7-4-12)22-18(23)9-13-11-21-17-8-5-14(20)10-16(13)17/h3-8,10-11,21H,2,9H2,1H3,(H,22,23). The zero-order valence-electron chi connectivity index (χ0n) is 13.6. The second kappa shape index (κ2) is 7.17. The average molecular weight is 340 g/mol. The van der Waals surface area contributed by atoms with Crippen LogP contribution in [0, 0.1) is 5.82 Å². The second-order valence-corrected chi connectivity index (χ2v) is 5.53. The average Bonchev–Trinajstić information content (AvgIpc) is 2.97. The first-order chi connectivity index (χ1) is 12.1. The van der Waals surface area contributed by atoms with Gasteiger partial charge in [-0.3, -0.25) is 4.79 Å². The van der Waals surface area contributed by atoms with Gasteiger partial charge in [0, 0.05) is 22.8 Å². The van der Waals surface area contributed by atoms with Gasteiger partial charge in [-0.25, -0.2) is 9.18 Å². The third kappa shape index (κ3) is 3.85. The summed E-state index contributed by atoms with van der Waals surface area (Å²) in [6.45, 7) is 2.05. The highest BCUT2D eigenvalue weighted by molar-refractivity contribution is 5.96. The zero-order valence-corrected chi connectivity index (χ0v) is 13.6. The fraction of sp³-hybridized carbons (Fsp3) is 0.158. The van der Waals surface area contributed by atoms with Crippen LogP contribution in [-0.4, -0.2) is 23.5 Å². The third-order valence-electron chi connectivity index (χ3n) is 3.76.